The number of carbonyl (C=O) groups is 3. The van der Waals surface area contributed by atoms with Crippen LogP contribution in [-0.4, -0.2) is 36.1 Å². The normalized spacial score (nSPS) is 22.7. The molecule has 0 bridgehead atoms. The van der Waals surface area contributed by atoms with Crippen LogP contribution in [0.5, 0.6) is 0 Å². The lowest BCUT2D eigenvalue weighted by molar-refractivity contribution is -0.136. The highest BCUT2D eigenvalue weighted by Crippen LogP contribution is 2.32. The Kier molecular flexibility index (Phi) is 3.85. The summed E-state index contributed by atoms with van der Waals surface area (Å²) >= 11 is 0. The molecule has 0 saturated carbocycles. The number of ether oxygens (including phenoxy) is 1. The van der Waals surface area contributed by atoms with Gasteiger partial charge >= 0.3 is 5.97 Å². The van der Waals surface area contributed by atoms with Gasteiger partial charge in [-0.3, -0.25) is 15.0 Å². The van der Waals surface area contributed by atoms with Crippen molar-refractivity contribution in [2.24, 2.45) is 11.0 Å². The van der Waals surface area contributed by atoms with E-state index in [-0.39, 0.29) is 12.3 Å². The number of rotatable bonds is 4. The second-order valence-electron chi connectivity index (χ2n) is 5.30. The number of carbonyl (C=O) groups excluding carboxylic acids is 3. The number of nitrogens with one attached hydrogen (secondary N) is 1. The summed E-state index contributed by atoms with van der Waals surface area (Å²) < 4.78 is 4.91. The van der Waals surface area contributed by atoms with Crippen LogP contribution in [-0.2, 0) is 25.5 Å². The second-order valence-corrected chi connectivity index (χ2v) is 5.30. The lowest BCUT2D eigenvalue weighted by Gasteiger charge is -2.18. The maximum absolute atomic E-state index is 12.8. The van der Waals surface area contributed by atoms with Crippen molar-refractivity contribution in [1.82, 2.24) is 5.43 Å². The molecule has 0 aromatic heterocycles. The van der Waals surface area contributed by atoms with Crippen LogP contribution in [0.2, 0.25) is 0 Å². The first kappa shape index (κ1) is 15.2. The minimum absolute atomic E-state index is 0.0355. The quantitative estimate of drug-likeness (QED) is 0.650. The van der Waals surface area contributed by atoms with Crippen molar-refractivity contribution < 1.29 is 19.1 Å². The van der Waals surface area contributed by atoms with Crippen LogP contribution >= 0.6 is 0 Å². The van der Waals surface area contributed by atoms with Crippen molar-refractivity contribution >= 4 is 29.2 Å². The van der Waals surface area contributed by atoms with Crippen molar-refractivity contribution in [2.45, 2.75) is 26.3 Å². The van der Waals surface area contributed by atoms with E-state index in [1.54, 1.807) is 19.1 Å². The minimum Gasteiger partial charge on any atom is -0.461 e. The van der Waals surface area contributed by atoms with Crippen molar-refractivity contribution in [3.8, 4) is 0 Å². The fourth-order valence-electron chi connectivity index (χ4n) is 2.93. The summed E-state index contributed by atoms with van der Waals surface area (Å²) in [6.07, 6.45) is 0.689. The summed E-state index contributed by atoms with van der Waals surface area (Å²) in [4.78, 5) is 38.5. The third kappa shape index (κ3) is 2.28. The van der Waals surface area contributed by atoms with Gasteiger partial charge in [0.1, 0.15) is 12.0 Å². The zero-order chi connectivity index (χ0) is 16.6. The van der Waals surface area contributed by atoms with Crippen molar-refractivity contribution in [1.29, 1.82) is 0 Å². The van der Waals surface area contributed by atoms with Crippen LogP contribution in [0.4, 0.5) is 5.69 Å². The van der Waals surface area contributed by atoms with Gasteiger partial charge in [0.15, 0.2) is 5.71 Å². The SMILES string of the molecule is CCOC(=O)C1=NN[C@@H]2C(=O)N(c3ccccc3CC)C(=O)[C@@H]12. The van der Waals surface area contributed by atoms with Gasteiger partial charge in [-0.05, 0) is 25.0 Å². The number of imide groups is 1. The fraction of sp³-hybridized carbons (Fsp3) is 0.375. The summed E-state index contributed by atoms with van der Waals surface area (Å²) in [5.74, 6) is -2.44. The number of hydrogen-bond acceptors (Lipinski definition) is 6. The van der Waals surface area contributed by atoms with Crippen LogP contribution in [0.25, 0.3) is 0 Å². The maximum atomic E-state index is 12.8. The Bertz CT molecular complexity index is 713. The van der Waals surface area contributed by atoms with Gasteiger partial charge in [0.05, 0.1) is 12.3 Å². The number of aryl methyl sites for hydroxylation is 1. The molecule has 2 aliphatic heterocycles. The molecule has 7 heteroatoms. The van der Waals surface area contributed by atoms with Gasteiger partial charge in [-0.1, -0.05) is 25.1 Å². The molecule has 120 valence electrons. The van der Waals surface area contributed by atoms with E-state index >= 15 is 0 Å². The highest BCUT2D eigenvalue weighted by atomic mass is 16.5. The summed E-state index contributed by atoms with van der Waals surface area (Å²) in [5, 5.41) is 3.83. The van der Waals surface area contributed by atoms with Gasteiger partial charge in [-0.15, -0.1) is 0 Å². The lowest BCUT2D eigenvalue weighted by atomic mass is 9.99. The first-order valence-electron chi connectivity index (χ1n) is 7.56. The number of nitrogens with zero attached hydrogens (tertiary/aromatic N) is 2. The molecule has 2 amide bonds. The van der Waals surface area contributed by atoms with E-state index in [4.69, 9.17) is 4.74 Å². The number of amides is 2. The van der Waals surface area contributed by atoms with Gasteiger partial charge in [-0.25, -0.2) is 9.69 Å². The smallest absolute Gasteiger partial charge is 0.355 e. The first-order chi connectivity index (χ1) is 11.1. The zero-order valence-electron chi connectivity index (χ0n) is 12.9. The summed E-state index contributed by atoms with van der Waals surface area (Å²) in [5.41, 5.74) is 4.02. The predicted octanol–water partition coefficient (Wildman–Crippen LogP) is 0.629. The zero-order valence-corrected chi connectivity index (χ0v) is 12.9. The lowest BCUT2D eigenvalue weighted by Crippen LogP contribution is -2.36. The molecule has 3 rings (SSSR count). The third-order valence-electron chi connectivity index (χ3n) is 4.02. The van der Waals surface area contributed by atoms with Crippen LogP contribution in [0.15, 0.2) is 29.4 Å². The van der Waals surface area contributed by atoms with E-state index < -0.39 is 29.7 Å². The standard InChI is InChI=1S/C16H17N3O4/c1-3-9-7-5-6-8-10(9)19-14(20)11-12(15(19)21)17-18-13(11)16(22)23-4-2/h5-8,11-12,17H,3-4H2,1-2H3/t11-,12+/m1/s1. The van der Waals surface area contributed by atoms with E-state index in [9.17, 15) is 14.4 Å². The Balaban J connectivity index is 1.96. The van der Waals surface area contributed by atoms with Crippen molar-refractivity contribution in [3.05, 3.63) is 29.8 Å². The highest BCUT2D eigenvalue weighted by molar-refractivity contribution is 6.46. The van der Waals surface area contributed by atoms with Crippen molar-refractivity contribution in [3.63, 3.8) is 0 Å². The number of hydrazone groups is 1. The van der Waals surface area contributed by atoms with Gasteiger partial charge in [0.2, 0.25) is 5.91 Å². The monoisotopic (exact) mass is 315 g/mol. The maximum Gasteiger partial charge on any atom is 0.355 e. The summed E-state index contributed by atoms with van der Waals surface area (Å²) in [6.45, 7) is 3.80. The summed E-state index contributed by atoms with van der Waals surface area (Å²) in [6, 6.07) is 6.40. The molecule has 2 atom stereocenters. The van der Waals surface area contributed by atoms with Gasteiger partial charge in [-0.2, -0.15) is 5.10 Å². The van der Waals surface area contributed by atoms with Crippen LogP contribution in [0.1, 0.15) is 19.4 Å². The molecule has 23 heavy (non-hydrogen) atoms. The molecular formula is C16H17N3O4. The van der Waals surface area contributed by atoms with Gasteiger partial charge < -0.3 is 4.74 Å². The second kappa shape index (κ2) is 5.83. The van der Waals surface area contributed by atoms with Crippen LogP contribution < -0.4 is 10.3 Å². The third-order valence-corrected chi connectivity index (χ3v) is 4.02. The number of benzene rings is 1. The van der Waals surface area contributed by atoms with Crippen molar-refractivity contribution in [2.75, 3.05) is 11.5 Å². The molecule has 0 aliphatic carbocycles. The Morgan fingerprint density at radius 1 is 1.26 bits per heavy atom. The van der Waals surface area contributed by atoms with E-state index in [0.29, 0.717) is 12.1 Å². The highest BCUT2D eigenvalue weighted by Gasteiger charge is 2.56. The Labute approximate surface area is 133 Å². The Hall–Kier alpha value is -2.70. The van der Waals surface area contributed by atoms with Gasteiger partial charge in [0.25, 0.3) is 5.91 Å². The van der Waals surface area contributed by atoms with Crippen LogP contribution in [0, 0.1) is 5.92 Å². The fourth-order valence-corrected chi connectivity index (χ4v) is 2.93. The number of anilines is 1. The topological polar surface area (TPSA) is 88.1 Å². The number of para-hydroxylation sites is 1. The van der Waals surface area contributed by atoms with E-state index in [2.05, 4.69) is 10.5 Å². The first-order valence-corrected chi connectivity index (χ1v) is 7.56. The molecule has 2 heterocycles. The van der Waals surface area contributed by atoms with E-state index in [1.165, 1.54) is 0 Å². The van der Waals surface area contributed by atoms with Crippen LogP contribution in [0.3, 0.4) is 0 Å². The van der Waals surface area contributed by atoms with Gasteiger partial charge in [0, 0.05) is 0 Å². The minimum atomic E-state index is -0.925. The van der Waals surface area contributed by atoms with E-state index in [0.717, 1.165) is 10.5 Å². The molecule has 0 radical (unpaired) electrons. The summed E-state index contributed by atoms with van der Waals surface area (Å²) in [7, 11) is 0. The molecular weight excluding hydrogens is 298 g/mol. The predicted molar refractivity (Wildman–Crippen MR) is 82.8 cm³/mol. The average molecular weight is 315 g/mol. The molecule has 0 unspecified atom stereocenters. The average Bonchev–Trinajstić information content (AvgIpc) is 3.09. The number of fused-ring (bicyclic) bond motifs is 1. The Morgan fingerprint density at radius 3 is 2.70 bits per heavy atom. The van der Waals surface area contributed by atoms with E-state index in [1.807, 2.05) is 19.1 Å². The molecule has 0 spiro atoms. The molecule has 1 aromatic rings. The number of hydrogen-bond donors (Lipinski definition) is 1. The molecule has 1 saturated heterocycles. The molecule has 2 aliphatic rings. The molecule has 1 N–H and O–H groups in total. The largest absolute Gasteiger partial charge is 0.461 e. The Morgan fingerprint density at radius 2 is 2.00 bits per heavy atom. The molecule has 1 fully saturated rings. The number of esters is 1. The molecule has 1 aromatic carbocycles. The molecule has 7 nitrogen and oxygen atoms in total.